The number of hydrogen-bond donors (Lipinski definition) is 1. The largest absolute Gasteiger partial charge is 0.463 e. The molecule has 0 aliphatic rings. The molecule has 18 heavy (non-hydrogen) atoms. The highest BCUT2D eigenvalue weighted by Gasteiger charge is 2.14. The lowest BCUT2D eigenvalue weighted by Crippen LogP contribution is -1.83. The second-order valence-electron chi connectivity index (χ2n) is 3.98. The molecule has 0 atom stereocenters. The van der Waals surface area contributed by atoms with E-state index in [4.69, 9.17) is 21.3 Å². The third kappa shape index (κ3) is 1.68. The molecule has 0 bridgehead atoms. The van der Waals surface area contributed by atoms with Crippen LogP contribution in [0.4, 0.5) is 0 Å². The first-order chi connectivity index (χ1) is 8.79. The SMILES string of the molecule is N#CCc1c(-c2ccco2)[nH]c2ccc(Cl)cc12. The number of aromatic nitrogens is 1. The molecule has 0 unspecified atom stereocenters. The van der Waals surface area contributed by atoms with Crippen LogP contribution in [0.2, 0.25) is 5.02 Å². The first-order valence-electron chi connectivity index (χ1n) is 5.50. The number of rotatable bonds is 2. The van der Waals surface area contributed by atoms with Crippen LogP contribution in [0, 0.1) is 11.3 Å². The Bertz CT molecular complexity index is 735. The minimum Gasteiger partial charge on any atom is -0.463 e. The van der Waals surface area contributed by atoms with E-state index in [0.29, 0.717) is 11.4 Å². The van der Waals surface area contributed by atoms with Gasteiger partial charge in [0.15, 0.2) is 0 Å². The maximum atomic E-state index is 8.96. The molecule has 1 N–H and O–H groups in total. The fourth-order valence-electron chi connectivity index (χ4n) is 2.11. The van der Waals surface area contributed by atoms with E-state index in [9.17, 15) is 0 Å². The minimum atomic E-state index is 0.316. The van der Waals surface area contributed by atoms with Gasteiger partial charge in [-0.05, 0) is 30.3 Å². The molecule has 88 valence electrons. The third-order valence-electron chi connectivity index (χ3n) is 2.89. The molecule has 3 rings (SSSR count). The molecule has 4 heteroatoms. The maximum absolute atomic E-state index is 8.96. The zero-order valence-corrected chi connectivity index (χ0v) is 10.2. The Labute approximate surface area is 109 Å². The number of nitriles is 1. The van der Waals surface area contributed by atoms with Crippen LogP contribution < -0.4 is 0 Å². The van der Waals surface area contributed by atoms with Crippen LogP contribution >= 0.6 is 11.6 Å². The van der Waals surface area contributed by atoms with Crippen molar-refractivity contribution in [1.29, 1.82) is 5.26 Å². The molecule has 3 aromatic rings. The van der Waals surface area contributed by atoms with Crippen molar-refractivity contribution in [3.63, 3.8) is 0 Å². The van der Waals surface area contributed by atoms with E-state index in [0.717, 1.165) is 27.9 Å². The van der Waals surface area contributed by atoms with Gasteiger partial charge in [-0.25, -0.2) is 0 Å². The molecular formula is C14H9ClN2O. The maximum Gasteiger partial charge on any atom is 0.150 e. The molecule has 0 fully saturated rings. The molecule has 3 nitrogen and oxygen atoms in total. The number of halogens is 1. The molecule has 1 aromatic carbocycles. The molecule has 2 aromatic heterocycles. The zero-order chi connectivity index (χ0) is 12.5. The summed E-state index contributed by atoms with van der Waals surface area (Å²) in [4.78, 5) is 3.28. The lowest BCUT2D eigenvalue weighted by molar-refractivity contribution is 0.580. The standard InChI is InChI=1S/C14H9ClN2O/c15-9-3-4-12-11(8-9)10(5-6-16)14(17-12)13-2-1-7-18-13/h1-4,7-8,17H,5H2. The van der Waals surface area contributed by atoms with Crippen LogP contribution in [0.1, 0.15) is 5.56 Å². The average molecular weight is 257 g/mol. The van der Waals surface area contributed by atoms with E-state index < -0.39 is 0 Å². The lowest BCUT2D eigenvalue weighted by atomic mass is 10.1. The molecule has 0 saturated carbocycles. The fraction of sp³-hybridized carbons (Fsp3) is 0.0714. The van der Waals surface area contributed by atoms with Crippen molar-refractivity contribution >= 4 is 22.5 Å². The first kappa shape index (κ1) is 10.9. The van der Waals surface area contributed by atoms with Gasteiger partial charge in [0.2, 0.25) is 0 Å². The van der Waals surface area contributed by atoms with Crippen LogP contribution in [-0.4, -0.2) is 4.98 Å². The van der Waals surface area contributed by atoms with Crippen LogP contribution in [0.5, 0.6) is 0 Å². The van der Waals surface area contributed by atoms with Crippen molar-refractivity contribution in [2.45, 2.75) is 6.42 Å². The number of nitrogens with one attached hydrogen (secondary N) is 1. The highest BCUT2D eigenvalue weighted by atomic mass is 35.5. The Kier molecular flexibility index (Phi) is 2.58. The summed E-state index contributed by atoms with van der Waals surface area (Å²) >= 11 is 6.00. The van der Waals surface area contributed by atoms with Crippen LogP contribution in [0.15, 0.2) is 41.0 Å². The molecule has 0 saturated heterocycles. The Morgan fingerprint density at radius 3 is 2.94 bits per heavy atom. The Morgan fingerprint density at radius 1 is 1.33 bits per heavy atom. The predicted molar refractivity (Wildman–Crippen MR) is 70.3 cm³/mol. The molecule has 0 spiro atoms. The van der Waals surface area contributed by atoms with Crippen molar-refractivity contribution in [2.24, 2.45) is 0 Å². The normalized spacial score (nSPS) is 10.7. The van der Waals surface area contributed by atoms with Crippen molar-refractivity contribution in [1.82, 2.24) is 4.98 Å². The van der Waals surface area contributed by atoms with Crippen molar-refractivity contribution in [2.75, 3.05) is 0 Å². The molecule has 0 aliphatic heterocycles. The summed E-state index contributed by atoms with van der Waals surface area (Å²) in [6.45, 7) is 0. The first-order valence-corrected chi connectivity index (χ1v) is 5.88. The monoisotopic (exact) mass is 256 g/mol. The van der Waals surface area contributed by atoms with E-state index in [1.165, 1.54) is 0 Å². The van der Waals surface area contributed by atoms with Gasteiger partial charge < -0.3 is 9.40 Å². The van der Waals surface area contributed by atoms with Gasteiger partial charge in [0, 0.05) is 21.5 Å². The van der Waals surface area contributed by atoms with E-state index >= 15 is 0 Å². The average Bonchev–Trinajstić information content (AvgIpc) is 2.98. The summed E-state index contributed by atoms with van der Waals surface area (Å²) in [6.07, 6.45) is 1.93. The fourth-order valence-corrected chi connectivity index (χ4v) is 2.29. The predicted octanol–water partition coefficient (Wildman–Crippen LogP) is 4.15. The Morgan fingerprint density at radius 2 is 2.22 bits per heavy atom. The number of nitrogens with zero attached hydrogens (tertiary/aromatic N) is 1. The van der Waals surface area contributed by atoms with Crippen molar-refractivity contribution < 1.29 is 4.42 Å². The number of benzene rings is 1. The number of furan rings is 1. The van der Waals surface area contributed by atoms with E-state index in [2.05, 4.69) is 11.1 Å². The summed E-state index contributed by atoms with van der Waals surface area (Å²) < 4.78 is 5.39. The summed E-state index contributed by atoms with van der Waals surface area (Å²) in [6, 6.07) is 11.5. The van der Waals surface area contributed by atoms with Gasteiger partial charge in [0.05, 0.1) is 24.4 Å². The van der Waals surface area contributed by atoms with E-state index in [1.54, 1.807) is 6.26 Å². The van der Waals surface area contributed by atoms with Crippen molar-refractivity contribution in [3.8, 4) is 17.5 Å². The number of aromatic amines is 1. The minimum absolute atomic E-state index is 0.316. The summed E-state index contributed by atoms with van der Waals surface area (Å²) in [5.41, 5.74) is 2.72. The van der Waals surface area contributed by atoms with Crippen molar-refractivity contribution in [3.05, 3.63) is 47.2 Å². The van der Waals surface area contributed by atoms with E-state index in [1.807, 2.05) is 30.3 Å². The molecule has 0 radical (unpaired) electrons. The summed E-state index contributed by atoms with van der Waals surface area (Å²) in [5, 5.41) is 10.6. The van der Waals surface area contributed by atoms with E-state index in [-0.39, 0.29) is 0 Å². The Hall–Kier alpha value is -2.18. The number of fused-ring (bicyclic) bond motifs is 1. The van der Waals surface area contributed by atoms with Crippen LogP contribution in [0.3, 0.4) is 0 Å². The number of H-pyrrole nitrogens is 1. The quantitative estimate of drug-likeness (QED) is 0.749. The third-order valence-corrected chi connectivity index (χ3v) is 3.13. The van der Waals surface area contributed by atoms with Crippen LogP contribution in [0.25, 0.3) is 22.4 Å². The molecule has 0 aliphatic carbocycles. The van der Waals surface area contributed by atoms with Gasteiger partial charge in [-0.15, -0.1) is 0 Å². The highest BCUT2D eigenvalue weighted by molar-refractivity contribution is 6.31. The second kappa shape index (κ2) is 4.25. The summed E-state index contributed by atoms with van der Waals surface area (Å²) in [5.74, 6) is 0.729. The zero-order valence-electron chi connectivity index (χ0n) is 9.40. The topological polar surface area (TPSA) is 52.7 Å². The smallest absolute Gasteiger partial charge is 0.150 e. The second-order valence-corrected chi connectivity index (χ2v) is 4.42. The van der Waals surface area contributed by atoms with Gasteiger partial charge in [0.25, 0.3) is 0 Å². The summed E-state index contributed by atoms with van der Waals surface area (Å²) in [7, 11) is 0. The van der Waals surface area contributed by atoms with Gasteiger partial charge in [-0.2, -0.15) is 5.26 Å². The highest BCUT2D eigenvalue weighted by Crippen LogP contribution is 2.32. The van der Waals surface area contributed by atoms with Gasteiger partial charge in [-0.3, -0.25) is 0 Å². The van der Waals surface area contributed by atoms with Gasteiger partial charge >= 0.3 is 0 Å². The molecular weight excluding hydrogens is 248 g/mol. The number of hydrogen-bond acceptors (Lipinski definition) is 2. The molecule has 2 heterocycles. The lowest BCUT2D eigenvalue weighted by Gasteiger charge is -1.97. The molecule has 0 amide bonds. The van der Waals surface area contributed by atoms with Gasteiger partial charge in [0.1, 0.15) is 5.76 Å². The van der Waals surface area contributed by atoms with Gasteiger partial charge in [-0.1, -0.05) is 11.6 Å². The van der Waals surface area contributed by atoms with Crippen LogP contribution in [-0.2, 0) is 6.42 Å². The Balaban J connectivity index is 2.31.